The minimum Gasteiger partial charge on any atom is -0.494 e. The molecule has 0 saturated heterocycles. The zero-order valence-corrected chi connectivity index (χ0v) is 15.0. The highest BCUT2D eigenvalue weighted by Crippen LogP contribution is 2.15. The third kappa shape index (κ3) is 6.76. The van der Waals surface area contributed by atoms with E-state index in [1.54, 1.807) is 30.5 Å². The number of carbonyl (C=O) groups excluding carboxylic acids is 2. The smallest absolute Gasteiger partial charge is 0.240 e. The van der Waals surface area contributed by atoms with Crippen LogP contribution in [0.1, 0.15) is 30.9 Å². The number of aryl methyl sites for hydroxylation is 1. The van der Waals surface area contributed by atoms with Crippen molar-refractivity contribution in [1.82, 2.24) is 5.43 Å². The molecule has 26 heavy (non-hydrogen) atoms. The number of rotatable bonds is 8. The molecular weight excluding hydrogens is 330 g/mol. The molecule has 0 aliphatic rings. The average Bonchev–Trinajstić information content (AvgIpc) is 2.63. The van der Waals surface area contributed by atoms with Gasteiger partial charge in [-0.05, 0) is 43.7 Å². The van der Waals surface area contributed by atoms with Gasteiger partial charge in [-0.15, -0.1) is 0 Å². The molecule has 0 radical (unpaired) electrons. The van der Waals surface area contributed by atoms with Gasteiger partial charge in [0.15, 0.2) is 0 Å². The van der Waals surface area contributed by atoms with E-state index < -0.39 is 0 Å². The van der Waals surface area contributed by atoms with Crippen molar-refractivity contribution >= 4 is 23.7 Å². The summed E-state index contributed by atoms with van der Waals surface area (Å²) >= 11 is 0. The highest BCUT2D eigenvalue weighted by molar-refractivity contribution is 5.93. The largest absolute Gasteiger partial charge is 0.494 e. The molecule has 2 amide bonds. The van der Waals surface area contributed by atoms with Gasteiger partial charge in [-0.1, -0.05) is 29.8 Å². The first-order valence-corrected chi connectivity index (χ1v) is 8.48. The predicted molar refractivity (Wildman–Crippen MR) is 102 cm³/mol. The molecular formula is C20H23N3O3. The standard InChI is InChI=1S/C20H23N3O3/c1-3-26-18-10-8-17(9-11-18)22-19(24)12-13-20(25)23-21-14-16-6-4-15(2)5-7-16/h4-11,14H,3,12-13H2,1-2H3,(H,22,24)(H,23,25)/b21-14+. The zero-order chi connectivity index (χ0) is 18.8. The first-order chi connectivity index (χ1) is 12.6. The number of amides is 2. The normalized spacial score (nSPS) is 10.5. The van der Waals surface area contributed by atoms with Crippen molar-refractivity contribution in [3.63, 3.8) is 0 Å². The number of benzene rings is 2. The molecule has 136 valence electrons. The Morgan fingerprint density at radius 3 is 2.31 bits per heavy atom. The van der Waals surface area contributed by atoms with Gasteiger partial charge in [0.2, 0.25) is 11.8 Å². The SMILES string of the molecule is CCOc1ccc(NC(=O)CCC(=O)N/N=C/c2ccc(C)cc2)cc1. The lowest BCUT2D eigenvalue weighted by Crippen LogP contribution is -2.20. The maximum atomic E-state index is 11.9. The van der Waals surface area contributed by atoms with Crippen molar-refractivity contribution in [3.05, 3.63) is 59.7 Å². The third-order valence-electron chi connectivity index (χ3n) is 3.51. The second kappa shape index (κ2) is 9.98. The minimum absolute atomic E-state index is 0.0636. The molecule has 0 unspecified atom stereocenters. The van der Waals surface area contributed by atoms with Crippen LogP contribution >= 0.6 is 0 Å². The van der Waals surface area contributed by atoms with Crippen molar-refractivity contribution in [2.24, 2.45) is 5.10 Å². The second-order valence-electron chi connectivity index (χ2n) is 5.71. The van der Waals surface area contributed by atoms with E-state index in [2.05, 4.69) is 15.8 Å². The van der Waals surface area contributed by atoms with E-state index in [-0.39, 0.29) is 24.7 Å². The Morgan fingerprint density at radius 1 is 1.00 bits per heavy atom. The highest BCUT2D eigenvalue weighted by Gasteiger charge is 2.07. The Hall–Kier alpha value is -3.15. The summed E-state index contributed by atoms with van der Waals surface area (Å²) in [6, 6.07) is 14.8. The van der Waals surface area contributed by atoms with Gasteiger partial charge < -0.3 is 10.1 Å². The molecule has 0 saturated carbocycles. The number of nitrogens with zero attached hydrogens (tertiary/aromatic N) is 1. The minimum atomic E-state index is -0.310. The van der Waals surface area contributed by atoms with E-state index in [9.17, 15) is 9.59 Å². The van der Waals surface area contributed by atoms with E-state index in [4.69, 9.17) is 4.74 Å². The lowest BCUT2D eigenvalue weighted by atomic mass is 10.2. The molecule has 0 heterocycles. The summed E-state index contributed by atoms with van der Waals surface area (Å²) in [4.78, 5) is 23.6. The van der Waals surface area contributed by atoms with Gasteiger partial charge in [-0.2, -0.15) is 5.10 Å². The summed E-state index contributed by atoms with van der Waals surface area (Å²) in [6.07, 6.45) is 1.71. The molecule has 0 fully saturated rings. The predicted octanol–water partition coefficient (Wildman–Crippen LogP) is 3.26. The fourth-order valence-electron chi connectivity index (χ4n) is 2.14. The van der Waals surface area contributed by atoms with Crippen molar-refractivity contribution in [1.29, 1.82) is 0 Å². The Kier molecular flexibility index (Phi) is 7.36. The van der Waals surface area contributed by atoms with E-state index in [0.717, 1.165) is 16.9 Å². The lowest BCUT2D eigenvalue weighted by molar-refractivity contribution is -0.124. The number of carbonyl (C=O) groups is 2. The van der Waals surface area contributed by atoms with Crippen molar-refractivity contribution in [2.75, 3.05) is 11.9 Å². The average molecular weight is 353 g/mol. The Balaban J connectivity index is 1.70. The lowest BCUT2D eigenvalue weighted by Gasteiger charge is -2.07. The number of hydrogen-bond donors (Lipinski definition) is 2. The molecule has 0 aliphatic carbocycles. The molecule has 0 spiro atoms. The number of ether oxygens (including phenoxy) is 1. The summed E-state index contributed by atoms with van der Waals surface area (Å²) in [7, 11) is 0. The van der Waals surface area contributed by atoms with Gasteiger partial charge in [-0.3, -0.25) is 9.59 Å². The quantitative estimate of drug-likeness (QED) is 0.565. The molecule has 6 nitrogen and oxygen atoms in total. The van der Waals surface area contributed by atoms with Gasteiger partial charge in [0, 0.05) is 18.5 Å². The Morgan fingerprint density at radius 2 is 1.65 bits per heavy atom. The third-order valence-corrected chi connectivity index (χ3v) is 3.51. The van der Waals surface area contributed by atoms with Gasteiger partial charge in [0.1, 0.15) is 5.75 Å². The summed E-state index contributed by atoms with van der Waals surface area (Å²) < 4.78 is 5.34. The summed E-state index contributed by atoms with van der Waals surface area (Å²) in [5.74, 6) is 0.207. The number of nitrogens with one attached hydrogen (secondary N) is 2. The van der Waals surface area contributed by atoms with Gasteiger partial charge in [0.05, 0.1) is 12.8 Å². The number of hydrogen-bond acceptors (Lipinski definition) is 4. The van der Waals surface area contributed by atoms with Gasteiger partial charge in [0.25, 0.3) is 0 Å². The van der Waals surface area contributed by atoms with Crippen molar-refractivity contribution in [3.8, 4) is 5.75 Å². The fraction of sp³-hybridized carbons (Fsp3) is 0.250. The summed E-state index contributed by atoms with van der Waals surface area (Å²) in [5, 5.41) is 6.63. The highest BCUT2D eigenvalue weighted by atomic mass is 16.5. The van der Waals surface area contributed by atoms with Crippen LogP contribution in [0.25, 0.3) is 0 Å². The van der Waals surface area contributed by atoms with E-state index in [1.807, 2.05) is 38.1 Å². The van der Waals surface area contributed by atoms with Crippen LogP contribution in [0.3, 0.4) is 0 Å². The zero-order valence-electron chi connectivity index (χ0n) is 15.0. The fourth-order valence-corrected chi connectivity index (χ4v) is 2.14. The summed E-state index contributed by atoms with van der Waals surface area (Å²) in [6.45, 7) is 4.50. The molecule has 6 heteroatoms. The number of anilines is 1. The molecule has 2 N–H and O–H groups in total. The molecule has 0 bridgehead atoms. The van der Waals surface area contributed by atoms with E-state index in [0.29, 0.717) is 12.3 Å². The molecule has 0 aromatic heterocycles. The van der Waals surface area contributed by atoms with Crippen LogP contribution in [-0.2, 0) is 9.59 Å². The van der Waals surface area contributed by atoms with Crippen LogP contribution in [0.2, 0.25) is 0 Å². The summed E-state index contributed by atoms with van der Waals surface area (Å²) in [5.41, 5.74) is 5.13. The van der Waals surface area contributed by atoms with E-state index >= 15 is 0 Å². The topological polar surface area (TPSA) is 79.8 Å². The molecule has 0 aliphatic heterocycles. The maximum Gasteiger partial charge on any atom is 0.240 e. The van der Waals surface area contributed by atoms with Crippen LogP contribution < -0.4 is 15.5 Å². The van der Waals surface area contributed by atoms with Crippen molar-refractivity contribution < 1.29 is 14.3 Å². The van der Waals surface area contributed by atoms with Crippen LogP contribution in [0.5, 0.6) is 5.75 Å². The molecule has 2 aromatic rings. The van der Waals surface area contributed by atoms with Crippen LogP contribution in [0.4, 0.5) is 5.69 Å². The molecule has 2 aromatic carbocycles. The Labute approximate surface area is 153 Å². The first kappa shape index (κ1) is 19.2. The maximum absolute atomic E-state index is 11.9. The monoisotopic (exact) mass is 353 g/mol. The van der Waals surface area contributed by atoms with Crippen LogP contribution in [0, 0.1) is 6.92 Å². The van der Waals surface area contributed by atoms with Gasteiger partial charge in [-0.25, -0.2) is 5.43 Å². The molecule has 0 atom stereocenters. The van der Waals surface area contributed by atoms with E-state index in [1.165, 1.54) is 0 Å². The number of hydrazone groups is 1. The Bertz CT molecular complexity index is 753. The van der Waals surface area contributed by atoms with Crippen molar-refractivity contribution in [2.45, 2.75) is 26.7 Å². The van der Waals surface area contributed by atoms with Gasteiger partial charge >= 0.3 is 0 Å². The first-order valence-electron chi connectivity index (χ1n) is 8.48. The van der Waals surface area contributed by atoms with Crippen LogP contribution in [-0.4, -0.2) is 24.6 Å². The van der Waals surface area contributed by atoms with Crippen LogP contribution in [0.15, 0.2) is 53.6 Å². The second-order valence-corrected chi connectivity index (χ2v) is 5.71. The molecule has 2 rings (SSSR count).